The number of hydrogen-bond donors (Lipinski definition) is 2. The molecule has 0 radical (unpaired) electrons. The van der Waals surface area contributed by atoms with Crippen molar-refractivity contribution in [1.82, 2.24) is 10.3 Å². The average molecular weight is 428 g/mol. The van der Waals surface area contributed by atoms with E-state index in [0.717, 1.165) is 21.3 Å². The molecule has 0 unspecified atom stereocenters. The van der Waals surface area contributed by atoms with E-state index in [9.17, 15) is 13.2 Å². The summed E-state index contributed by atoms with van der Waals surface area (Å²) in [6.45, 7) is 0.282. The number of nitrogens with zero attached hydrogens (tertiary/aromatic N) is 1. The number of rotatable bonds is 5. The first-order valence-corrected chi connectivity index (χ1v) is 11.4. The van der Waals surface area contributed by atoms with Crippen LogP contribution in [0.25, 0.3) is 21.3 Å². The zero-order valence-corrected chi connectivity index (χ0v) is 17.0. The van der Waals surface area contributed by atoms with Crippen LogP contribution in [0.4, 0.5) is 9.93 Å². The van der Waals surface area contributed by atoms with E-state index in [1.165, 1.54) is 17.6 Å². The largest absolute Gasteiger partial charge is 0.467 e. The number of urea groups is 1. The molecule has 4 aromatic rings. The monoisotopic (exact) mass is 427 g/mol. The number of benzene rings is 2. The summed E-state index contributed by atoms with van der Waals surface area (Å²) in [5.74, 6) is 0.658. The van der Waals surface area contributed by atoms with Crippen LogP contribution >= 0.6 is 11.3 Å². The number of carbonyl (C=O) groups is 1. The lowest BCUT2D eigenvalue weighted by Crippen LogP contribution is -2.27. The number of carbonyl (C=O) groups excluding carboxylic acids is 1. The molecule has 2 aromatic carbocycles. The number of sulfone groups is 1. The molecule has 7 nitrogen and oxygen atoms in total. The third-order valence-corrected chi connectivity index (χ3v) is 6.25. The van der Waals surface area contributed by atoms with Crippen LogP contribution in [0.3, 0.4) is 0 Å². The van der Waals surface area contributed by atoms with E-state index < -0.39 is 9.84 Å². The van der Waals surface area contributed by atoms with Gasteiger partial charge in [-0.3, -0.25) is 5.32 Å². The van der Waals surface area contributed by atoms with Gasteiger partial charge in [0.25, 0.3) is 0 Å². The maximum atomic E-state index is 12.1. The number of aromatic nitrogens is 1. The number of thiazole rings is 1. The molecule has 2 heterocycles. The second-order valence-corrected chi connectivity index (χ2v) is 9.43. The summed E-state index contributed by atoms with van der Waals surface area (Å²) in [5, 5.41) is 5.89. The summed E-state index contributed by atoms with van der Waals surface area (Å²) in [6.07, 6.45) is 2.74. The van der Waals surface area contributed by atoms with E-state index in [0.29, 0.717) is 10.9 Å². The highest BCUT2D eigenvalue weighted by molar-refractivity contribution is 7.90. The van der Waals surface area contributed by atoms with E-state index in [-0.39, 0.29) is 17.5 Å². The van der Waals surface area contributed by atoms with Gasteiger partial charge in [-0.15, -0.1) is 0 Å². The topological polar surface area (TPSA) is 101 Å². The van der Waals surface area contributed by atoms with Crippen LogP contribution in [-0.4, -0.2) is 25.7 Å². The van der Waals surface area contributed by atoms with Crippen LogP contribution in [0.15, 0.2) is 70.2 Å². The number of nitrogens with one attached hydrogen (secondary N) is 2. The maximum absolute atomic E-state index is 12.1. The van der Waals surface area contributed by atoms with Crippen LogP contribution < -0.4 is 10.6 Å². The van der Waals surface area contributed by atoms with Gasteiger partial charge >= 0.3 is 6.03 Å². The van der Waals surface area contributed by atoms with E-state index in [1.807, 2.05) is 24.3 Å². The van der Waals surface area contributed by atoms with Crippen molar-refractivity contribution in [3.05, 3.63) is 66.6 Å². The van der Waals surface area contributed by atoms with Crippen molar-refractivity contribution in [3.63, 3.8) is 0 Å². The van der Waals surface area contributed by atoms with Gasteiger partial charge in [-0.05, 0) is 47.5 Å². The fraction of sp³-hybridized carbons (Fsp3) is 0.100. The predicted molar refractivity (Wildman–Crippen MR) is 113 cm³/mol. The molecule has 0 spiro atoms. The van der Waals surface area contributed by atoms with Crippen LogP contribution in [0.1, 0.15) is 5.76 Å². The first-order valence-electron chi connectivity index (χ1n) is 8.67. The molecule has 29 heavy (non-hydrogen) atoms. The van der Waals surface area contributed by atoms with Crippen LogP contribution in [-0.2, 0) is 16.4 Å². The molecular formula is C20H17N3O4S2. The molecule has 0 saturated carbocycles. The third kappa shape index (κ3) is 4.47. The van der Waals surface area contributed by atoms with Crippen molar-refractivity contribution < 1.29 is 17.6 Å². The molecule has 148 valence electrons. The lowest BCUT2D eigenvalue weighted by atomic mass is 10.1. The van der Waals surface area contributed by atoms with Crippen molar-refractivity contribution in [1.29, 1.82) is 0 Å². The molecule has 9 heteroatoms. The van der Waals surface area contributed by atoms with Crippen molar-refractivity contribution in [2.24, 2.45) is 0 Å². The highest BCUT2D eigenvalue weighted by atomic mass is 32.2. The molecule has 0 aliphatic heterocycles. The van der Waals surface area contributed by atoms with Crippen molar-refractivity contribution >= 4 is 42.6 Å². The van der Waals surface area contributed by atoms with Gasteiger partial charge < -0.3 is 9.73 Å². The molecule has 0 aliphatic carbocycles. The molecule has 2 N–H and O–H groups in total. The molecule has 0 saturated heterocycles. The minimum Gasteiger partial charge on any atom is -0.467 e. The number of amides is 2. The van der Waals surface area contributed by atoms with Crippen molar-refractivity contribution in [3.8, 4) is 11.1 Å². The second-order valence-electron chi connectivity index (χ2n) is 6.39. The summed E-state index contributed by atoms with van der Waals surface area (Å²) in [5.41, 5.74) is 2.42. The normalized spacial score (nSPS) is 11.5. The SMILES string of the molecule is CS(=O)(=O)c1cccc(-c2ccc3nc(NC(=O)NCc4ccco4)sc3c2)c1. The molecule has 0 aliphatic rings. The van der Waals surface area contributed by atoms with Gasteiger partial charge in [0.05, 0.1) is 27.9 Å². The molecule has 2 amide bonds. The lowest BCUT2D eigenvalue weighted by molar-refractivity contribution is 0.251. The average Bonchev–Trinajstić information content (AvgIpc) is 3.34. The first kappa shape index (κ1) is 19.2. The maximum Gasteiger partial charge on any atom is 0.321 e. The number of fused-ring (bicyclic) bond motifs is 1. The summed E-state index contributed by atoms with van der Waals surface area (Å²) < 4.78 is 29.7. The Labute approximate surface area is 171 Å². The molecule has 4 rings (SSSR count). The number of anilines is 1. The Balaban J connectivity index is 1.53. The lowest BCUT2D eigenvalue weighted by Gasteiger charge is -2.04. The molecule has 0 bridgehead atoms. The summed E-state index contributed by atoms with van der Waals surface area (Å²) in [6, 6.07) is 15.6. The van der Waals surface area contributed by atoms with Crippen LogP contribution in [0.2, 0.25) is 0 Å². The fourth-order valence-corrected chi connectivity index (χ4v) is 4.35. The van der Waals surface area contributed by atoms with E-state index in [2.05, 4.69) is 15.6 Å². The first-order chi connectivity index (χ1) is 13.9. The van der Waals surface area contributed by atoms with Gasteiger partial charge in [0.2, 0.25) is 0 Å². The van der Waals surface area contributed by atoms with Gasteiger partial charge in [0, 0.05) is 6.26 Å². The van der Waals surface area contributed by atoms with Gasteiger partial charge in [-0.2, -0.15) is 0 Å². The Hall–Kier alpha value is -3.17. The highest BCUT2D eigenvalue weighted by Gasteiger charge is 2.11. The summed E-state index contributed by atoms with van der Waals surface area (Å²) >= 11 is 1.34. The minimum atomic E-state index is -3.28. The second kappa shape index (κ2) is 7.69. The third-order valence-electron chi connectivity index (χ3n) is 4.21. The molecular weight excluding hydrogens is 410 g/mol. The van der Waals surface area contributed by atoms with E-state index in [4.69, 9.17) is 4.42 Å². The zero-order valence-electron chi connectivity index (χ0n) is 15.4. The number of hydrogen-bond acceptors (Lipinski definition) is 6. The summed E-state index contributed by atoms with van der Waals surface area (Å²) in [4.78, 5) is 16.7. The Kier molecular flexibility index (Phi) is 5.08. The minimum absolute atomic E-state index is 0.273. The van der Waals surface area contributed by atoms with Crippen LogP contribution in [0, 0.1) is 0 Å². The standard InChI is InChI=1S/C20H17N3O4S2/c1-29(25,26)16-6-2-4-13(10-16)14-7-8-17-18(11-14)28-20(22-17)23-19(24)21-12-15-5-3-9-27-15/h2-11H,12H2,1H3,(H2,21,22,23,24). The van der Waals surface area contributed by atoms with Gasteiger partial charge in [-0.1, -0.05) is 29.5 Å². The Morgan fingerprint density at radius 1 is 1.10 bits per heavy atom. The van der Waals surface area contributed by atoms with Gasteiger partial charge in [0.15, 0.2) is 15.0 Å². The smallest absolute Gasteiger partial charge is 0.321 e. The molecule has 0 fully saturated rings. The van der Waals surface area contributed by atoms with Crippen LogP contribution in [0.5, 0.6) is 0 Å². The van der Waals surface area contributed by atoms with Gasteiger partial charge in [0.1, 0.15) is 5.76 Å². The highest BCUT2D eigenvalue weighted by Crippen LogP contribution is 2.31. The predicted octanol–water partition coefficient (Wildman–Crippen LogP) is 4.28. The number of furan rings is 1. The quantitative estimate of drug-likeness (QED) is 0.495. The fourth-order valence-electron chi connectivity index (χ4n) is 2.79. The van der Waals surface area contributed by atoms with E-state index in [1.54, 1.807) is 36.6 Å². The van der Waals surface area contributed by atoms with E-state index >= 15 is 0 Å². The van der Waals surface area contributed by atoms with Crippen molar-refractivity contribution in [2.45, 2.75) is 11.4 Å². The summed E-state index contributed by atoms with van der Waals surface area (Å²) in [7, 11) is -3.28. The Bertz CT molecular complexity index is 1280. The Morgan fingerprint density at radius 3 is 2.69 bits per heavy atom. The zero-order chi connectivity index (χ0) is 20.4. The molecule has 2 aromatic heterocycles. The van der Waals surface area contributed by atoms with Crippen molar-refractivity contribution in [2.75, 3.05) is 11.6 Å². The van der Waals surface area contributed by atoms with Gasteiger partial charge in [-0.25, -0.2) is 18.2 Å². The Morgan fingerprint density at radius 2 is 1.93 bits per heavy atom. The molecule has 0 atom stereocenters.